The molecule has 2 rings (SSSR count). The van der Waals surface area contributed by atoms with Crippen molar-refractivity contribution in [2.75, 3.05) is 25.6 Å². The Morgan fingerprint density at radius 2 is 2.00 bits per heavy atom. The fourth-order valence-corrected chi connectivity index (χ4v) is 3.69. The predicted octanol–water partition coefficient (Wildman–Crippen LogP) is 1.66. The summed E-state index contributed by atoms with van der Waals surface area (Å²) in [5.74, 6) is 2.84. The molecule has 7 heteroatoms. The van der Waals surface area contributed by atoms with Crippen LogP contribution in [0, 0.1) is 0 Å². The lowest BCUT2D eigenvalue weighted by Crippen LogP contribution is -2.44. The number of hydrogen-bond donors (Lipinski definition) is 1. The fourth-order valence-electron chi connectivity index (χ4n) is 2.37. The minimum atomic E-state index is -3.03. The Kier molecular flexibility index (Phi) is 5.54. The highest BCUT2D eigenvalue weighted by Crippen LogP contribution is 2.16. The third kappa shape index (κ3) is 4.51. The average molecular weight is 318 g/mol. The summed E-state index contributed by atoms with van der Waals surface area (Å²) < 4.78 is 30.1. The molecule has 0 aromatic carbocycles. The summed E-state index contributed by atoms with van der Waals surface area (Å²) in [5, 5.41) is 3.44. The van der Waals surface area contributed by atoms with Gasteiger partial charge in [-0.15, -0.1) is 0 Å². The molecule has 0 aliphatic carbocycles. The fraction of sp³-hybridized carbons (Fsp3) is 0.692. The van der Waals surface area contributed by atoms with Gasteiger partial charge in [0.2, 0.25) is 10.0 Å². The molecule has 1 aliphatic heterocycles. The van der Waals surface area contributed by atoms with Gasteiger partial charge in [0.1, 0.15) is 11.5 Å². The molecule has 1 aromatic rings. The van der Waals surface area contributed by atoms with Gasteiger partial charge in [-0.05, 0) is 31.2 Å². The molecule has 5 nitrogen and oxygen atoms in total. The SMILES string of the molecule is CSCc1ccc(CNC2CCN(S(C)(=O)=O)CC2)o1. The maximum Gasteiger partial charge on any atom is 0.211 e. The highest BCUT2D eigenvalue weighted by Gasteiger charge is 2.24. The summed E-state index contributed by atoms with van der Waals surface area (Å²) in [7, 11) is -3.03. The topological polar surface area (TPSA) is 62.6 Å². The van der Waals surface area contributed by atoms with Gasteiger partial charge in [-0.1, -0.05) is 0 Å². The van der Waals surface area contributed by atoms with Crippen LogP contribution in [-0.2, 0) is 22.3 Å². The van der Waals surface area contributed by atoms with Crippen molar-refractivity contribution in [1.29, 1.82) is 0 Å². The van der Waals surface area contributed by atoms with E-state index >= 15 is 0 Å². The van der Waals surface area contributed by atoms with Gasteiger partial charge in [-0.3, -0.25) is 0 Å². The smallest absolute Gasteiger partial charge is 0.211 e. The van der Waals surface area contributed by atoms with Gasteiger partial charge in [-0.25, -0.2) is 12.7 Å². The van der Waals surface area contributed by atoms with Crippen molar-refractivity contribution < 1.29 is 12.8 Å². The largest absolute Gasteiger partial charge is 0.464 e. The Hall–Kier alpha value is -0.500. The zero-order chi connectivity index (χ0) is 14.6. The van der Waals surface area contributed by atoms with E-state index in [1.54, 1.807) is 16.1 Å². The molecule has 1 saturated heterocycles. The average Bonchev–Trinajstić information content (AvgIpc) is 2.84. The number of nitrogens with one attached hydrogen (secondary N) is 1. The van der Waals surface area contributed by atoms with Gasteiger partial charge in [-0.2, -0.15) is 11.8 Å². The van der Waals surface area contributed by atoms with Crippen molar-refractivity contribution in [2.45, 2.75) is 31.2 Å². The number of furan rings is 1. The first kappa shape index (κ1) is 15.9. The lowest BCUT2D eigenvalue weighted by atomic mass is 10.1. The Balaban J connectivity index is 1.75. The molecule has 2 heterocycles. The Morgan fingerprint density at radius 3 is 2.60 bits per heavy atom. The predicted molar refractivity (Wildman–Crippen MR) is 82.2 cm³/mol. The van der Waals surface area contributed by atoms with Gasteiger partial charge in [0.05, 0.1) is 18.6 Å². The van der Waals surface area contributed by atoms with Crippen molar-refractivity contribution >= 4 is 21.8 Å². The molecule has 1 fully saturated rings. The lowest BCUT2D eigenvalue weighted by Gasteiger charge is -2.30. The number of nitrogens with zero attached hydrogens (tertiary/aromatic N) is 1. The van der Waals surface area contributed by atoms with Gasteiger partial charge in [0.25, 0.3) is 0 Å². The molecule has 114 valence electrons. The first-order chi connectivity index (χ1) is 9.49. The second kappa shape index (κ2) is 6.98. The molecular weight excluding hydrogens is 296 g/mol. The van der Waals surface area contributed by atoms with E-state index in [1.165, 1.54) is 6.26 Å². The summed E-state index contributed by atoms with van der Waals surface area (Å²) in [4.78, 5) is 0. The lowest BCUT2D eigenvalue weighted by molar-refractivity contribution is 0.284. The van der Waals surface area contributed by atoms with Crippen LogP contribution in [0.15, 0.2) is 16.5 Å². The van der Waals surface area contributed by atoms with E-state index in [4.69, 9.17) is 4.42 Å². The normalized spacial score (nSPS) is 18.5. The van der Waals surface area contributed by atoms with E-state index < -0.39 is 10.0 Å². The summed E-state index contributed by atoms with van der Waals surface area (Å²) in [6, 6.07) is 4.38. The Labute approximate surface area is 125 Å². The number of hydrogen-bond acceptors (Lipinski definition) is 5. The highest BCUT2D eigenvalue weighted by molar-refractivity contribution is 7.97. The molecule has 0 unspecified atom stereocenters. The van der Waals surface area contributed by atoms with Gasteiger partial charge in [0, 0.05) is 19.1 Å². The minimum absolute atomic E-state index is 0.363. The maximum atomic E-state index is 11.4. The van der Waals surface area contributed by atoms with Crippen LogP contribution >= 0.6 is 11.8 Å². The monoisotopic (exact) mass is 318 g/mol. The molecular formula is C13H22N2O3S2. The summed E-state index contributed by atoms with van der Waals surface area (Å²) in [6.07, 6.45) is 5.03. The molecule has 20 heavy (non-hydrogen) atoms. The van der Waals surface area contributed by atoms with E-state index in [0.29, 0.717) is 25.7 Å². The Morgan fingerprint density at radius 1 is 1.35 bits per heavy atom. The van der Waals surface area contributed by atoms with Crippen molar-refractivity contribution in [1.82, 2.24) is 9.62 Å². The van der Waals surface area contributed by atoms with Crippen LogP contribution in [0.5, 0.6) is 0 Å². The van der Waals surface area contributed by atoms with Crippen LogP contribution in [-0.4, -0.2) is 44.4 Å². The van der Waals surface area contributed by atoms with Crippen molar-refractivity contribution in [2.24, 2.45) is 0 Å². The number of sulfonamides is 1. The molecule has 0 spiro atoms. The zero-order valence-electron chi connectivity index (χ0n) is 12.0. The van der Waals surface area contributed by atoms with Gasteiger partial charge in [0.15, 0.2) is 0 Å². The standard InChI is InChI=1S/C13H22N2O3S2/c1-19-10-13-4-3-12(18-13)9-14-11-5-7-15(8-6-11)20(2,16)17/h3-4,11,14H,5-10H2,1-2H3. The van der Waals surface area contributed by atoms with E-state index in [-0.39, 0.29) is 0 Å². The second-order valence-corrected chi connectivity index (χ2v) is 7.97. The molecule has 0 amide bonds. The van der Waals surface area contributed by atoms with E-state index in [1.807, 2.05) is 12.1 Å². The van der Waals surface area contributed by atoms with Crippen LogP contribution in [0.4, 0.5) is 0 Å². The van der Waals surface area contributed by atoms with Crippen molar-refractivity contribution in [3.8, 4) is 0 Å². The third-order valence-electron chi connectivity index (χ3n) is 3.49. The summed E-state index contributed by atoms with van der Waals surface area (Å²) in [5.41, 5.74) is 0. The third-order valence-corrected chi connectivity index (χ3v) is 5.37. The van der Waals surface area contributed by atoms with Crippen LogP contribution in [0.25, 0.3) is 0 Å². The molecule has 1 aromatic heterocycles. The van der Waals surface area contributed by atoms with E-state index in [2.05, 4.69) is 11.6 Å². The quantitative estimate of drug-likeness (QED) is 0.864. The molecule has 0 radical (unpaired) electrons. The maximum absolute atomic E-state index is 11.4. The summed E-state index contributed by atoms with van der Waals surface area (Å²) >= 11 is 1.74. The number of piperidine rings is 1. The first-order valence-corrected chi connectivity index (χ1v) is 9.98. The van der Waals surface area contributed by atoms with Crippen LogP contribution in [0.1, 0.15) is 24.4 Å². The Bertz CT molecular complexity index is 519. The van der Waals surface area contributed by atoms with Gasteiger partial charge >= 0.3 is 0 Å². The first-order valence-electron chi connectivity index (χ1n) is 6.74. The van der Waals surface area contributed by atoms with Gasteiger partial charge < -0.3 is 9.73 Å². The summed E-state index contributed by atoms with van der Waals surface area (Å²) in [6.45, 7) is 1.91. The highest BCUT2D eigenvalue weighted by atomic mass is 32.2. The molecule has 1 N–H and O–H groups in total. The van der Waals surface area contributed by atoms with E-state index in [0.717, 1.165) is 30.1 Å². The zero-order valence-corrected chi connectivity index (χ0v) is 13.6. The molecule has 1 aliphatic rings. The van der Waals surface area contributed by atoms with Crippen LogP contribution in [0.2, 0.25) is 0 Å². The number of rotatable bonds is 6. The van der Waals surface area contributed by atoms with Crippen molar-refractivity contribution in [3.05, 3.63) is 23.7 Å². The molecule has 0 saturated carbocycles. The molecule has 0 atom stereocenters. The van der Waals surface area contributed by atoms with Crippen LogP contribution in [0.3, 0.4) is 0 Å². The van der Waals surface area contributed by atoms with Crippen molar-refractivity contribution in [3.63, 3.8) is 0 Å². The van der Waals surface area contributed by atoms with E-state index in [9.17, 15) is 8.42 Å². The molecule has 0 bridgehead atoms. The minimum Gasteiger partial charge on any atom is -0.464 e. The number of thioether (sulfide) groups is 1. The second-order valence-electron chi connectivity index (χ2n) is 5.12. The van der Waals surface area contributed by atoms with Crippen LogP contribution < -0.4 is 5.32 Å².